The average Bonchev–Trinajstić information content (AvgIpc) is 3.10. The summed E-state index contributed by atoms with van der Waals surface area (Å²) in [6.45, 7) is 12.0. The summed E-state index contributed by atoms with van der Waals surface area (Å²) in [5.41, 5.74) is 2.11. The van der Waals surface area contributed by atoms with Crippen molar-refractivity contribution < 1.29 is 23.3 Å². The Hall–Kier alpha value is -3.46. The molecule has 0 aliphatic heterocycles. The molecule has 0 saturated carbocycles. The molecule has 0 aromatic heterocycles. The van der Waals surface area contributed by atoms with Gasteiger partial charge in [0.25, 0.3) is 8.53 Å². The van der Waals surface area contributed by atoms with Crippen molar-refractivity contribution in [2.45, 2.75) is 64.6 Å². The molecule has 258 valence electrons. The predicted octanol–water partition coefficient (Wildman–Crippen LogP) is 8.02. The van der Waals surface area contributed by atoms with E-state index in [0.717, 1.165) is 41.2 Å². The minimum Gasteiger partial charge on any atom is -0.497 e. The lowest BCUT2D eigenvalue weighted by Crippen LogP contribution is -2.38. The zero-order valence-electron chi connectivity index (χ0n) is 29.4. The van der Waals surface area contributed by atoms with Crippen molar-refractivity contribution >= 4 is 8.53 Å². The molecular weight excluding hydrogens is 621 g/mol. The van der Waals surface area contributed by atoms with Crippen LogP contribution < -0.4 is 9.47 Å². The Labute approximate surface area is 289 Å². The van der Waals surface area contributed by atoms with Crippen molar-refractivity contribution in [2.24, 2.45) is 0 Å². The van der Waals surface area contributed by atoms with Crippen LogP contribution in [0.3, 0.4) is 0 Å². The Bertz CT molecular complexity index is 1350. The normalized spacial score (nSPS) is 12.3. The maximum atomic E-state index is 9.07. The molecule has 48 heavy (non-hydrogen) atoms. The highest BCUT2D eigenvalue weighted by atomic mass is 31.2. The summed E-state index contributed by atoms with van der Waals surface area (Å²) in [7, 11) is 2.02. The van der Waals surface area contributed by atoms with Crippen LogP contribution in [0.4, 0.5) is 0 Å². The number of nitrogens with zero attached hydrogens (tertiary/aromatic N) is 3. The van der Waals surface area contributed by atoms with Crippen LogP contribution in [0.5, 0.6) is 11.5 Å². The molecule has 9 heteroatoms. The fourth-order valence-corrected chi connectivity index (χ4v) is 7.28. The quantitative estimate of drug-likeness (QED) is 0.0460. The van der Waals surface area contributed by atoms with Gasteiger partial charge in [-0.15, -0.1) is 12.3 Å². The fraction of sp³-hybridized carbons (Fsp3) is 0.462. The summed E-state index contributed by atoms with van der Waals surface area (Å²) in [4.78, 5) is 2.34. The minimum atomic E-state index is -1.32. The van der Waals surface area contributed by atoms with Gasteiger partial charge < -0.3 is 23.3 Å². The van der Waals surface area contributed by atoms with Crippen molar-refractivity contribution in [3.8, 4) is 29.9 Å². The molecule has 0 radical (unpaired) electrons. The first-order valence-electron chi connectivity index (χ1n) is 16.7. The SMILES string of the molecule is C#CCCCN(CCOP(OCCC#N)N(C(C)C)C(C)C)CCOC(c1ccccc1)(c1ccc(OC)cc1)c1ccc(OC)cc1. The lowest BCUT2D eigenvalue weighted by Gasteiger charge is -2.37. The molecule has 3 aromatic carbocycles. The van der Waals surface area contributed by atoms with Crippen LogP contribution in [0.25, 0.3) is 0 Å². The van der Waals surface area contributed by atoms with Gasteiger partial charge in [-0.2, -0.15) is 5.26 Å². The Balaban J connectivity index is 1.88. The summed E-state index contributed by atoms with van der Waals surface area (Å²) < 4.78 is 32.9. The van der Waals surface area contributed by atoms with Crippen LogP contribution in [0.1, 0.15) is 63.6 Å². The standard InChI is InChI=1S/C39H52N3O5P/c1-8-9-13-26-41(28-31-47-48(46-29-14-25-40)42(32(2)3)33(4)5)27-30-45-39(34-15-11-10-12-16-34,35-17-21-37(43-6)22-18-35)36-19-23-38(44-7)24-20-36/h1,10-12,15-24,32-33H,9,13-14,26-31H2,2-7H3. The van der Waals surface area contributed by atoms with Crippen molar-refractivity contribution in [3.05, 3.63) is 95.6 Å². The van der Waals surface area contributed by atoms with E-state index in [0.29, 0.717) is 45.8 Å². The number of rotatable bonds is 22. The van der Waals surface area contributed by atoms with E-state index in [9.17, 15) is 0 Å². The lowest BCUT2D eigenvalue weighted by molar-refractivity contribution is -0.000543. The average molecular weight is 674 g/mol. The van der Waals surface area contributed by atoms with Crippen LogP contribution >= 0.6 is 8.53 Å². The molecule has 1 atom stereocenters. The second-order valence-corrected chi connectivity index (χ2v) is 13.3. The van der Waals surface area contributed by atoms with Gasteiger partial charge in [0, 0.05) is 31.6 Å². The molecule has 0 fully saturated rings. The molecule has 3 aromatic rings. The van der Waals surface area contributed by atoms with Gasteiger partial charge in [-0.1, -0.05) is 54.6 Å². The fourth-order valence-electron chi connectivity index (χ4n) is 5.70. The number of nitriles is 1. The smallest absolute Gasteiger partial charge is 0.259 e. The Morgan fingerprint density at radius 3 is 1.73 bits per heavy atom. The van der Waals surface area contributed by atoms with Gasteiger partial charge in [-0.3, -0.25) is 4.90 Å². The second-order valence-electron chi connectivity index (χ2n) is 11.9. The van der Waals surface area contributed by atoms with Gasteiger partial charge in [0.2, 0.25) is 0 Å². The Morgan fingerprint density at radius 1 is 0.708 bits per heavy atom. The number of methoxy groups -OCH3 is 2. The first kappa shape index (κ1) is 39.0. The number of benzene rings is 3. The molecule has 1 unspecified atom stereocenters. The largest absolute Gasteiger partial charge is 0.497 e. The van der Waals surface area contributed by atoms with E-state index in [1.165, 1.54) is 0 Å². The van der Waals surface area contributed by atoms with Crippen LogP contribution in [0, 0.1) is 23.7 Å². The van der Waals surface area contributed by atoms with E-state index in [1.54, 1.807) is 14.2 Å². The topological polar surface area (TPSA) is 76.4 Å². The van der Waals surface area contributed by atoms with Gasteiger partial charge in [0.15, 0.2) is 0 Å². The zero-order valence-corrected chi connectivity index (χ0v) is 30.3. The summed E-state index contributed by atoms with van der Waals surface area (Å²) in [5, 5.41) is 9.07. The highest BCUT2D eigenvalue weighted by Crippen LogP contribution is 2.46. The zero-order chi connectivity index (χ0) is 34.8. The van der Waals surface area contributed by atoms with Gasteiger partial charge in [-0.05, 0) is 81.6 Å². The van der Waals surface area contributed by atoms with Crippen LogP contribution in [-0.2, 0) is 19.4 Å². The molecule has 0 amide bonds. The van der Waals surface area contributed by atoms with Gasteiger partial charge >= 0.3 is 0 Å². The third-order valence-corrected chi connectivity index (χ3v) is 10.1. The van der Waals surface area contributed by atoms with E-state index in [1.807, 2.05) is 42.5 Å². The molecule has 8 nitrogen and oxygen atoms in total. The van der Waals surface area contributed by atoms with Crippen molar-refractivity contribution in [1.82, 2.24) is 9.57 Å². The number of ether oxygens (including phenoxy) is 3. The second kappa shape index (κ2) is 20.8. The van der Waals surface area contributed by atoms with Crippen LogP contribution in [0.15, 0.2) is 78.9 Å². The number of hydrogen-bond donors (Lipinski definition) is 0. The van der Waals surface area contributed by atoms with Crippen molar-refractivity contribution in [2.75, 3.05) is 53.7 Å². The van der Waals surface area contributed by atoms with Crippen molar-refractivity contribution in [3.63, 3.8) is 0 Å². The van der Waals surface area contributed by atoms with Gasteiger partial charge in [0.1, 0.15) is 17.1 Å². The molecule has 0 saturated heterocycles. The predicted molar refractivity (Wildman–Crippen MR) is 194 cm³/mol. The Morgan fingerprint density at radius 2 is 1.23 bits per heavy atom. The molecule has 0 aliphatic carbocycles. The third kappa shape index (κ3) is 11.0. The molecule has 0 bridgehead atoms. The van der Waals surface area contributed by atoms with E-state index < -0.39 is 14.1 Å². The molecule has 0 N–H and O–H groups in total. The highest BCUT2D eigenvalue weighted by molar-refractivity contribution is 7.44. The van der Waals surface area contributed by atoms with E-state index in [4.69, 9.17) is 34.9 Å². The first-order chi connectivity index (χ1) is 23.3. The molecule has 0 heterocycles. The minimum absolute atomic E-state index is 0.236. The third-order valence-electron chi connectivity index (χ3n) is 7.97. The van der Waals surface area contributed by atoms with E-state index >= 15 is 0 Å². The van der Waals surface area contributed by atoms with Crippen molar-refractivity contribution in [1.29, 1.82) is 5.26 Å². The van der Waals surface area contributed by atoms with Gasteiger partial charge in [0.05, 0.1) is 46.5 Å². The molecule has 0 spiro atoms. The summed E-state index contributed by atoms with van der Waals surface area (Å²) in [6, 6.07) is 29.1. The maximum absolute atomic E-state index is 9.07. The molecule has 0 aliphatic rings. The van der Waals surface area contributed by atoms with Crippen LogP contribution in [-0.4, -0.2) is 75.3 Å². The summed E-state index contributed by atoms with van der Waals surface area (Å²) in [5.74, 6) is 4.33. The Kier molecular flexibility index (Phi) is 16.9. The first-order valence-corrected chi connectivity index (χ1v) is 17.8. The van der Waals surface area contributed by atoms with E-state index in [-0.39, 0.29) is 12.1 Å². The lowest BCUT2D eigenvalue weighted by atomic mass is 9.80. The number of hydrogen-bond acceptors (Lipinski definition) is 8. The number of terminal acetylenes is 1. The molecular formula is C39H52N3O5P. The maximum Gasteiger partial charge on any atom is 0.259 e. The van der Waals surface area contributed by atoms with E-state index in [2.05, 4.69) is 85.7 Å². The highest BCUT2D eigenvalue weighted by Gasteiger charge is 2.38. The summed E-state index contributed by atoms with van der Waals surface area (Å²) in [6.07, 6.45) is 7.51. The van der Waals surface area contributed by atoms with Gasteiger partial charge in [-0.25, -0.2) is 4.67 Å². The summed E-state index contributed by atoms with van der Waals surface area (Å²) >= 11 is 0. The monoisotopic (exact) mass is 673 g/mol. The number of unbranched alkanes of at least 4 members (excludes halogenated alkanes) is 1. The van der Waals surface area contributed by atoms with Crippen LogP contribution in [0.2, 0.25) is 0 Å². The molecule has 3 rings (SSSR count).